The zero-order valence-corrected chi connectivity index (χ0v) is 17.8. The summed E-state index contributed by atoms with van der Waals surface area (Å²) in [6, 6.07) is 12.8. The van der Waals surface area contributed by atoms with Gasteiger partial charge in [0.25, 0.3) is 5.91 Å². The lowest BCUT2D eigenvalue weighted by molar-refractivity contribution is 0.102. The number of nitrogens with zero attached hydrogens (tertiary/aromatic N) is 3. The second-order valence-corrected chi connectivity index (χ2v) is 8.77. The normalized spacial score (nSPS) is 11.3. The van der Waals surface area contributed by atoms with Crippen LogP contribution in [0.3, 0.4) is 0 Å². The molecule has 0 fully saturated rings. The summed E-state index contributed by atoms with van der Waals surface area (Å²) in [4.78, 5) is 20.7. The van der Waals surface area contributed by atoms with Crippen LogP contribution >= 0.6 is 11.6 Å². The van der Waals surface area contributed by atoms with Crippen molar-refractivity contribution in [3.05, 3.63) is 77.3 Å². The SMILES string of the molecule is COc1ccc(NC(=O)c2cnc(CN(C)S(=O)(=O)c3ccc(Cl)cc3)nc2)cc1. The van der Waals surface area contributed by atoms with Crippen molar-refractivity contribution in [1.82, 2.24) is 14.3 Å². The van der Waals surface area contributed by atoms with E-state index in [0.717, 1.165) is 4.31 Å². The molecule has 3 aromatic rings. The first-order valence-electron chi connectivity index (χ1n) is 8.78. The Morgan fingerprint density at radius 2 is 1.67 bits per heavy atom. The van der Waals surface area contributed by atoms with Crippen LogP contribution < -0.4 is 10.1 Å². The molecule has 1 heterocycles. The molecule has 0 spiro atoms. The van der Waals surface area contributed by atoms with Gasteiger partial charge in [-0.2, -0.15) is 4.31 Å². The number of nitrogens with one attached hydrogen (secondary N) is 1. The van der Waals surface area contributed by atoms with Crippen LogP contribution in [0.2, 0.25) is 5.02 Å². The smallest absolute Gasteiger partial charge is 0.258 e. The molecule has 0 saturated carbocycles. The van der Waals surface area contributed by atoms with Crippen molar-refractivity contribution in [2.75, 3.05) is 19.5 Å². The second-order valence-electron chi connectivity index (χ2n) is 6.29. The molecular formula is C20H19ClN4O4S. The number of ether oxygens (including phenoxy) is 1. The summed E-state index contributed by atoms with van der Waals surface area (Å²) >= 11 is 5.81. The first kappa shape index (κ1) is 21.7. The van der Waals surface area contributed by atoms with Crippen molar-refractivity contribution < 1.29 is 17.9 Å². The van der Waals surface area contributed by atoms with Crippen molar-refractivity contribution >= 4 is 33.2 Å². The number of aromatic nitrogens is 2. The van der Waals surface area contributed by atoms with Gasteiger partial charge in [0.15, 0.2) is 0 Å². The zero-order valence-electron chi connectivity index (χ0n) is 16.2. The minimum absolute atomic E-state index is 0.0503. The molecule has 30 heavy (non-hydrogen) atoms. The van der Waals surface area contributed by atoms with Crippen LogP contribution in [-0.2, 0) is 16.6 Å². The maximum Gasteiger partial charge on any atom is 0.258 e. The van der Waals surface area contributed by atoms with Crippen LogP contribution in [0.15, 0.2) is 65.8 Å². The van der Waals surface area contributed by atoms with E-state index in [0.29, 0.717) is 16.5 Å². The lowest BCUT2D eigenvalue weighted by Crippen LogP contribution is -2.27. The summed E-state index contributed by atoms with van der Waals surface area (Å²) in [7, 11) is -0.733. The number of rotatable bonds is 7. The van der Waals surface area contributed by atoms with E-state index in [2.05, 4.69) is 15.3 Å². The highest BCUT2D eigenvalue weighted by molar-refractivity contribution is 7.89. The maximum absolute atomic E-state index is 12.6. The first-order chi connectivity index (χ1) is 14.3. The van der Waals surface area contributed by atoms with E-state index in [4.69, 9.17) is 16.3 Å². The Kier molecular flexibility index (Phi) is 6.66. The van der Waals surface area contributed by atoms with Gasteiger partial charge in [-0.3, -0.25) is 4.79 Å². The second kappa shape index (κ2) is 9.21. The van der Waals surface area contributed by atoms with E-state index in [1.807, 2.05) is 0 Å². The van der Waals surface area contributed by atoms with Gasteiger partial charge in [-0.05, 0) is 48.5 Å². The van der Waals surface area contributed by atoms with Crippen LogP contribution in [0.4, 0.5) is 5.69 Å². The third-order valence-corrected chi connectivity index (χ3v) is 6.27. The van der Waals surface area contributed by atoms with Gasteiger partial charge < -0.3 is 10.1 Å². The van der Waals surface area contributed by atoms with Gasteiger partial charge in [0.1, 0.15) is 11.6 Å². The van der Waals surface area contributed by atoms with Gasteiger partial charge in [0.05, 0.1) is 24.1 Å². The molecule has 1 N–H and O–H groups in total. The standard InChI is InChI=1S/C20H19ClN4O4S/c1-25(30(27,28)18-9-3-15(21)4-10-18)13-19-22-11-14(12-23-19)20(26)24-16-5-7-17(29-2)8-6-16/h3-12H,13H2,1-2H3,(H,24,26). The van der Waals surface area contributed by atoms with E-state index in [9.17, 15) is 13.2 Å². The number of benzene rings is 2. The molecule has 0 unspecified atom stereocenters. The van der Waals surface area contributed by atoms with Gasteiger partial charge >= 0.3 is 0 Å². The first-order valence-corrected chi connectivity index (χ1v) is 10.6. The number of halogens is 1. The molecule has 0 aliphatic carbocycles. The largest absolute Gasteiger partial charge is 0.497 e. The number of hydrogen-bond donors (Lipinski definition) is 1. The van der Waals surface area contributed by atoms with Gasteiger partial charge in [-0.15, -0.1) is 0 Å². The predicted octanol–water partition coefficient (Wildman–Crippen LogP) is 3.21. The molecule has 10 heteroatoms. The Labute approximate surface area is 179 Å². The minimum atomic E-state index is -3.72. The van der Waals surface area contributed by atoms with E-state index in [1.165, 1.54) is 43.7 Å². The Morgan fingerprint density at radius 1 is 1.07 bits per heavy atom. The van der Waals surface area contributed by atoms with Crippen molar-refractivity contribution in [2.45, 2.75) is 11.4 Å². The highest BCUT2D eigenvalue weighted by Gasteiger charge is 2.22. The Balaban J connectivity index is 1.65. The molecule has 0 aliphatic heterocycles. The number of sulfonamides is 1. The predicted molar refractivity (Wildman–Crippen MR) is 113 cm³/mol. The third-order valence-electron chi connectivity index (χ3n) is 4.20. The average molecular weight is 447 g/mol. The molecule has 0 atom stereocenters. The molecule has 1 amide bonds. The molecular weight excluding hydrogens is 428 g/mol. The minimum Gasteiger partial charge on any atom is -0.497 e. The Hall–Kier alpha value is -3.01. The number of anilines is 1. The average Bonchev–Trinajstić information content (AvgIpc) is 2.75. The fourth-order valence-electron chi connectivity index (χ4n) is 2.50. The molecule has 0 bridgehead atoms. The number of amides is 1. The van der Waals surface area contributed by atoms with Gasteiger partial charge in [-0.1, -0.05) is 11.6 Å². The number of methoxy groups -OCH3 is 1. The Bertz CT molecular complexity index is 1120. The zero-order chi connectivity index (χ0) is 21.7. The molecule has 0 aliphatic rings. The number of carbonyl (C=O) groups excluding carboxylic acids is 1. The number of carbonyl (C=O) groups is 1. The van der Waals surface area contributed by atoms with Crippen molar-refractivity contribution in [2.24, 2.45) is 0 Å². The van der Waals surface area contributed by atoms with Crippen LogP contribution in [-0.4, -0.2) is 42.8 Å². The maximum atomic E-state index is 12.6. The third kappa shape index (κ3) is 5.12. The van der Waals surface area contributed by atoms with Crippen LogP contribution in [0, 0.1) is 0 Å². The monoisotopic (exact) mass is 446 g/mol. The van der Waals surface area contributed by atoms with E-state index in [1.54, 1.807) is 31.4 Å². The molecule has 0 saturated heterocycles. The van der Waals surface area contributed by atoms with E-state index >= 15 is 0 Å². The van der Waals surface area contributed by atoms with Crippen LogP contribution in [0.1, 0.15) is 16.2 Å². The molecule has 0 radical (unpaired) electrons. The van der Waals surface area contributed by atoms with Crippen LogP contribution in [0.25, 0.3) is 0 Å². The molecule has 2 aromatic carbocycles. The van der Waals surface area contributed by atoms with Crippen molar-refractivity contribution in [3.63, 3.8) is 0 Å². The molecule has 3 rings (SSSR count). The molecule has 8 nitrogen and oxygen atoms in total. The van der Waals surface area contributed by atoms with Crippen molar-refractivity contribution in [1.29, 1.82) is 0 Å². The summed E-state index contributed by atoms with van der Waals surface area (Å²) in [6.07, 6.45) is 2.70. The van der Waals surface area contributed by atoms with E-state index in [-0.39, 0.29) is 28.7 Å². The molecule has 1 aromatic heterocycles. The van der Waals surface area contributed by atoms with Gasteiger partial charge in [0, 0.05) is 30.2 Å². The van der Waals surface area contributed by atoms with Gasteiger partial charge in [-0.25, -0.2) is 18.4 Å². The summed E-state index contributed by atoms with van der Waals surface area (Å²) in [5, 5.41) is 3.18. The summed E-state index contributed by atoms with van der Waals surface area (Å²) < 4.78 is 31.5. The summed E-state index contributed by atoms with van der Waals surface area (Å²) in [5.74, 6) is 0.559. The summed E-state index contributed by atoms with van der Waals surface area (Å²) in [6.45, 7) is -0.0503. The quantitative estimate of drug-likeness (QED) is 0.598. The highest BCUT2D eigenvalue weighted by Crippen LogP contribution is 2.19. The summed E-state index contributed by atoms with van der Waals surface area (Å²) in [5.41, 5.74) is 0.844. The van der Waals surface area contributed by atoms with Gasteiger partial charge in [0.2, 0.25) is 10.0 Å². The lowest BCUT2D eigenvalue weighted by atomic mass is 10.2. The molecule has 156 valence electrons. The lowest BCUT2D eigenvalue weighted by Gasteiger charge is -2.16. The van der Waals surface area contributed by atoms with Crippen LogP contribution in [0.5, 0.6) is 5.75 Å². The Morgan fingerprint density at radius 3 is 2.23 bits per heavy atom. The van der Waals surface area contributed by atoms with Crippen molar-refractivity contribution in [3.8, 4) is 5.75 Å². The fraction of sp³-hybridized carbons (Fsp3) is 0.150. The van der Waals surface area contributed by atoms with E-state index < -0.39 is 10.0 Å². The number of hydrogen-bond acceptors (Lipinski definition) is 6. The fourth-order valence-corrected chi connectivity index (χ4v) is 3.75. The topological polar surface area (TPSA) is 101 Å². The highest BCUT2D eigenvalue weighted by atomic mass is 35.5.